The lowest BCUT2D eigenvalue weighted by Crippen LogP contribution is -2.50. The highest BCUT2D eigenvalue weighted by atomic mass is 16.5. The third-order valence-corrected chi connectivity index (χ3v) is 2.23. The van der Waals surface area contributed by atoms with E-state index in [1.54, 1.807) is 19.0 Å². The van der Waals surface area contributed by atoms with Crippen LogP contribution in [0.5, 0.6) is 0 Å². The maximum atomic E-state index is 11.2. The molecule has 0 saturated heterocycles. The Morgan fingerprint density at radius 3 is 2.62 bits per heavy atom. The van der Waals surface area contributed by atoms with E-state index in [2.05, 4.69) is 5.32 Å². The van der Waals surface area contributed by atoms with Gasteiger partial charge in [0.25, 0.3) is 0 Å². The maximum absolute atomic E-state index is 11.2. The lowest BCUT2D eigenvalue weighted by molar-refractivity contribution is -0.00773. The first kappa shape index (κ1) is 10.3. The van der Waals surface area contributed by atoms with Gasteiger partial charge in [0.05, 0.1) is 6.10 Å². The fourth-order valence-electron chi connectivity index (χ4n) is 1.36. The van der Waals surface area contributed by atoms with E-state index in [1.165, 1.54) is 0 Å². The van der Waals surface area contributed by atoms with Crippen molar-refractivity contribution < 1.29 is 9.53 Å². The zero-order valence-corrected chi connectivity index (χ0v) is 8.54. The van der Waals surface area contributed by atoms with E-state index < -0.39 is 0 Å². The summed E-state index contributed by atoms with van der Waals surface area (Å²) in [4.78, 5) is 12.7. The molecule has 1 rings (SSSR count). The molecular weight excluding hydrogens is 168 g/mol. The lowest BCUT2D eigenvalue weighted by atomic mass is 9.89. The summed E-state index contributed by atoms with van der Waals surface area (Å²) < 4.78 is 5.39. The second-order valence-corrected chi connectivity index (χ2v) is 3.59. The molecule has 4 heteroatoms. The van der Waals surface area contributed by atoms with Crippen LogP contribution in [0.2, 0.25) is 0 Å². The van der Waals surface area contributed by atoms with E-state index in [0.717, 1.165) is 19.4 Å². The zero-order valence-electron chi connectivity index (χ0n) is 8.54. The fraction of sp³-hybridized carbons (Fsp3) is 0.889. The number of hydrogen-bond acceptors (Lipinski definition) is 2. The van der Waals surface area contributed by atoms with Crippen molar-refractivity contribution in [2.45, 2.75) is 31.9 Å². The summed E-state index contributed by atoms with van der Waals surface area (Å²) in [5.74, 6) is 0. The number of carbonyl (C=O) groups is 1. The zero-order chi connectivity index (χ0) is 9.84. The van der Waals surface area contributed by atoms with Crippen molar-refractivity contribution in [1.82, 2.24) is 10.2 Å². The summed E-state index contributed by atoms with van der Waals surface area (Å²) in [6, 6.07) is 0.298. The van der Waals surface area contributed by atoms with Gasteiger partial charge in [-0.3, -0.25) is 0 Å². The first-order valence-corrected chi connectivity index (χ1v) is 4.73. The van der Waals surface area contributed by atoms with Crippen LogP contribution in [0, 0.1) is 0 Å². The van der Waals surface area contributed by atoms with Crippen molar-refractivity contribution in [1.29, 1.82) is 0 Å². The molecule has 0 atom stereocenters. The second-order valence-electron chi connectivity index (χ2n) is 3.59. The fourth-order valence-corrected chi connectivity index (χ4v) is 1.36. The molecule has 0 spiro atoms. The Morgan fingerprint density at radius 1 is 1.54 bits per heavy atom. The van der Waals surface area contributed by atoms with Gasteiger partial charge in [-0.25, -0.2) is 4.79 Å². The van der Waals surface area contributed by atoms with Crippen LogP contribution in [0.15, 0.2) is 0 Å². The van der Waals surface area contributed by atoms with E-state index in [0.29, 0.717) is 12.1 Å². The molecule has 1 N–H and O–H groups in total. The van der Waals surface area contributed by atoms with Gasteiger partial charge < -0.3 is 15.0 Å². The van der Waals surface area contributed by atoms with Crippen molar-refractivity contribution in [3.63, 3.8) is 0 Å². The minimum Gasteiger partial charge on any atom is -0.378 e. The van der Waals surface area contributed by atoms with Gasteiger partial charge in [0, 0.05) is 26.7 Å². The highest BCUT2D eigenvalue weighted by Crippen LogP contribution is 2.23. The number of nitrogens with zero attached hydrogens (tertiary/aromatic N) is 1. The molecule has 0 aromatic carbocycles. The molecule has 1 fully saturated rings. The Hall–Kier alpha value is -0.770. The first-order chi connectivity index (χ1) is 6.13. The number of urea groups is 1. The van der Waals surface area contributed by atoms with Crippen LogP contribution in [-0.2, 0) is 4.74 Å². The van der Waals surface area contributed by atoms with Crippen molar-refractivity contribution >= 4 is 6.03 Å². The second kappa shape index (κ2) is 4.46. The van der Waals surface area contributed by atoms with Gasteiger partial charge in [0.2, 0.25) is 0 Å². The van der Waals surface area contributed by atoms with E-state index in [1.807, 2.05) is 6.92 Å². The average Bonchev–Trinajstić information content (AvgIpc) is 2.00. The summed E-state index contributed by atoms with van der Waals surface area (Å²) in [7, 11) is 3.49. The van der Waals surface area contributed by atoms with Crippen molar-refractivity contribution in [2.75, 3.05) is 20.7 Å². The van der Waals surface area contributed by atoms with Crippen LogP contribution in [0.1, 0.15) is 19.8 Å². The molecule has 1 saturated carbocycles. The Labute approximate surface area is 79.2 Å². The minimum absolute atomic E-state index is 0.0139. The van der Waals surface area contributed by atoms with Gasteiger partial charge >= 0.3 is 6.03 Å². The molecule has 76 valence electrons. The molecule has 0 bridgehead atoms. The van der Waals surface area contributed by atoms with Gasteiger partial charge in [-0.05, 0) is 19.8 Å². The van der Waals surface area contributed by atoms with Gasteiger partial charge in [-0.2, -0.15) is 0 Å². The van der Waals surface area contributed by atoms with E-state index in [4.69, 9.17) is 4.74 Å². The molecule has 1 aliphatic rings. The van der Waals surface area contributed by atoms with Gasteiger partial charge in [0.15, 0.2) is 0 Å². The van der Waals surface area contributed by atoms with Crippen LogP contribution in [-0.4, -0.2) is 43.8 Å². The third kappa shape index (κ3) is 2.88. The summed E-state index contributed by atoms with van der Waals surface area (Å²) in [6.07, 6.45) is 2.26. The largest absolute Gasteiger partial charge is 0.378 e. The van der Waals surface area contributed by atoms with Crippen molar-refractivity contribution in [3.05, 3.63) is 0 Å². The molecule has 4 nitrogen and oxygen atoms in total. The minimum atomic E-state index is -0.0139. The predicted octanol–water partition coefficient (Wildman–Crippen LogP) is 0.825. The highest BCUT2D eigenvalue weighted by molar-refractivity contribution is 5.73. The molecule has 0 radical (unpaired) electrons. The third-order valence-electron chi connectivity index (χ3n) is 2.23. The van der Waals surface area contributed by atoms with Crippen molar-refractivity contribution in [3.8, 4) is 0 Å². The number of amides is 2. The van der Waals surface area contributed by atoms with Crippen LogP contribution < -0.4 is 5.32 Å². The summed E-state index contributed by atoms with van der Waals surface area (Å²) in [6.45, 7) is 2.75. The molecule has 0 unspecified atom stereocenters. The quantitative estimate of drug-likeness (QED) is 0.709. The van der Waals surface area contributed by atoms with E-state index in [-0.39, 0.29) is 6.03 Å². The number of nitrogens with one attached hydrogen (secondary N) is 1. The first-order valence-electron chi connectivity index (χ1n) is 4.73. The van der Waals surface area contributed by atoms with Gasteiger partial charge in [0.1, 0.15) is 0 Å². The topological polar surface area (TPSA) is 41.6 Å². The summed E-state index contributed by atoms with van der Waals surface area (Å²) in [5, 5.41) is 2.91. The summed E-state index contributed by atoms with van der Waals surface area (Å²) >= 11 is 0. The Kier molecular flexibility index (Phi) is 3.54. The molecule has 0 aromatic heterocycles. The number of ether oxygens (including phenoxy) is 1. The number of carbonyl (C=O) groups excluding carboxylic acids is 1. The predicted molar refractivity (Wildman–Crippen MR) is 50.7 cm³/mol. The Balaban J connectivity index is 2.11. The average molecular weight is 186 g/mol. The Morgan fingerprint density at radius 2 is 2.15 bits per heavy atom. The normalized spacial score (nSPS) is 26.4. The summed E-state index contributed by atoms with van der Waals surface area (Å²) in [5.41, 5.74) is 0. The molecule has 0 heterocycles. The molecular formula is C9H18N2O2. The monoisotopic (exact) mass is 186 g/mol. The van der Waals surface area contributed by atoms with Crippen LogP contribution >= 0.6 is 0 Å². The van der Waals surface area contributed by atoms with Crippen LogP contribution in [0.25, 0.3) is 0 Å². The molecule has 2 amide bonds. The molecule has 1 aliphatic carbocycles. The SMILES string of the molecule is CCOC1CC(NC(=O)N(C)C)C1. The lowest BCUT2D eigenvalue weighted by Gasteiger charge is -2.35. The smallest absolute Gasteiger partial charge is 0.317 e. The maximum Gasteiger partial charge on any atom is 0.317 e. The standard InChI is InChI=1S/C9H18N2O2/c1-4-13-8-5-7(6-8)10-9(12)11(2)3/h7-8H,4-6H2,1-3H3,(H,10,12). The molecule has 0 aliphatic heterocycles. The number of hydrogen-bond donors (Lipinski definition) is 1. The van der Waals surface area contributed by atoms with Crippen molar-refractivity contribution in [2.24, 2.45) is 0 Å². The van der Waals surface area contributed by atoms with E-state index >= 15 is 0 Å². The Bertz CT molecular complexity index is 176. The van der Waals surface area contributed by atoms with Gasteiger partial charge in [-0.15, -0.1) is 0 Å². The van der Waals surface area contributed by atoms with Crippen LogP contribution in [0.4, 0.5) is 4.79 Å². The highest BCUT2D eigenvalue weighted by Gasteiger charge is 2.30. The molecule has 0 aromatic rings. The van der Waals surface area contributed by atoms with Crippen LogP contribution in [0.3, 0.4) is 0 Å². The van der Waals surface area contributed by atoms with Gasteiger partial charge in [-0.1, -0.05) is 0 Å². The molecule has 13 heavy (non-hydrogen) atoms. The number of rotatable bonds is 3. The van der Waals surface area contributed by atoms with E-state index in [9.17, 15) is 4.79 Å².